The SMILES string of the molecule is Cc1cccnc1NC(=O)C=Cc1ccc(Cl)cc1. The van der Waals surface area contributed by atoms with E-state index >= 15 is 0 Å². The highest BCUT2D eigenvalue weighted by atomic mass is 35.5. The lowest BCUT2D eigenvalue weighted by molar-refractivity contribution is -0.111. The van der Waals surface area contributed by atoms with Gasteiger partial charge in [-0.3, -0.25) is 4.79 Å². The number of anilines is 1. The summed E-state index contributed by atoms with van der Waals surface area (Å²) in [4.78, 5) is 15.8. The molecule has 0 bridgehead atoms. The molecule has 0 aliphatic carbocycles. The van der Waals surface area contributed by atoms with Crippen LogP contribution in [0.5, 0.6) is 0 Å². The molecule has 0 aliphatic rings. The third-order valence-corrected chi connectivity index (χ3v) is 2.80. The Morgan fingerprint density at radius 1 is 1.26 bits per heavy atom. The van der Waals surface area contributed by atoms with E-state index in [2.05, 4.69) is 10.3 Å². The summed E-state index contributed by atoms with van der Waals surface area (Å²) in [6, 6.07) is 11.0. The van der Waals surface area contributed by atoms with Gasteiger partial charge in [0.1, 0.15) is 5.82 Å². The van der Waals surface area contributed by atoms with Crippen LogP contribution in [0.2, 0.25) is 5.02 Å². The van der Waals surface area contributed by atoms with Crippen LogP contribution in [0.1, 0.15) is 11.1 Å². The van der Waals surface area contributed by atoms with E-state index in [1.165, 1.54) is 6.08 Å². The molecule has 1 amide bonds. The van der Waals surface area contributed by atoms with E-state index in [0.29, 0.717) is 10.8 Å². The standard InChI is InChI=1S/C15H13ClN2O/c1-11-3-2-10-17-15(11)18-14(19)9-6-12-4-7-13(16)8-5-12/h2-10H,1H3,(H,17,18,19). The normalized spacial score (nSPS) is 10.6. The van der Waals surface area contributed by atoms with Gasteiger partial charge in [0.15, 0.2) is 0 Å². The maximum absolute atomic E-state index is 11.7. The molecule has 2 rings (SSSR count). The van der Waals surface area contributed by atoms with Crippen LogP contribution in [0, 0.1) is 6.92 Å². The van der Waals surface area contributed by atoms with Crippen molar-refractivity contribution in [1.29, 1.82) is 0 Å². The molecule has 1 aromatic heterocycles. The zero-order valence-corrected chi connectivity index (χ0v) is 11.2. The molecule has 0 saturated carbocycles. The summed E-state index contributed by atoms with van der Waals surface area (Å²) in [7, 11) is 0. The van der Waals surface area contributed by atoms with Gasteiger partial charge in [-0.2, -0.15) is 0 Å². The molecule has 0 fully saturated rings. The number of nitrogens with one attached hydrogen (secondary N) is 1. The fourth-order valence-corrected chi connectivity index (χ4v) is 1.65. The number of nitrogens with zero attached hydrogens (tertiary/aromatic N) is 1. The highest BCUT2D eigenvalue weighted by Gasteiger charge is 2.01. The minimum absolute atomic E-state index is 0.211. The molecule has 0 saturated heterocycles. The molecule has 1 aromatic carbocycles. The van der Waals surface area contributed by atoms with Crippen molar-refractivity contribution in [3.05, 3.63) is 64.8 Å². The fraction of sp³-hybridized carbons (Fsp3) is 0.0667. The predicted octanol–water partition coefficient (Wildman–Crippen LogP) is 3.70. The lowest BCUT2D eigenvalue weighted by atomic mass is 10.2. The number of benzene rings is 1. The fourth-order valence-electron chi connectivity index (χ4n) is 1.52. The van der Waals surface area contributed by atoms with Crippen LogP contribution in [-0.2, 0) is 4.79 Å². The Morgan fingerprint density at radius 2 is 2.00 bits per heavy atom. The van der Waals surface area contributed by atoms with Crippen LogP contribution in [0.25, 0.3) is 6.08 Å². The number of aryl methyl sites for hydroxylation is 1. The van der Waals surface area contributed by atoms with E-state index in [1.807, 2.05) is 31.2 Å². The van der Waals surface area contributed by atoms with Gasteiger partial charge >= 0.3 is 0 Å². The first-order valence-corrected chi connectivity index (χ1v) is 6.19. The number of amides is 1. The van der Waals surface area contributed by atoms with Crippen molar-refractivity contribution in [2.75, 3.05) is 5.32 Å². The number of rotatable bonds is 3. The largest absolute Gasteiger partial charge is 0.307 e. The topological polar surface area (TPSA) is 42.0 Å². The Kier molecular flexibility index (Phi) is 4.31. The Hall–Kier alpha value is -2.13. The van der Waals surface area contributed by atoms with Gasteiger partial charge in [0, 0.05) is 17.3 Å². The van der Waals surface area contributed by atoms with Gasteiger partial charge in [-0.05, 0) is 42.3 Å². The Bertz CT molecular complexity index is 606. The molecule has 0 unspecified atom stereocenters. The van der Waals surface area contributed by atoms with E-state index < -0.39 is 0 Å². The number of aromatic nitrogens is 1. The average molecular weight is 273 g/mol. The number of pyridine rings is 1. The number of halogens is 1. The van der Waals surface area contributed by atoms with Crippen LogP contribution < -0.4 is 5.32 Å². The molecular formula is C15H13ClN2O. The van der Waals surface area contributed by atoms with Gasteiger partial charge < -0.3 is 5.32 Å². The molecule has 3 nitrogen and oxygen atoms in total. The van der Waals surface area contributed by atoms with Gasteiger partial charge in [0.25, 0.3) is 0 Å². The molecule has 4 heteroatoms. The van der Waals surface area contributed by atoms with Crippen molar-refractivity contribution in [2.45, 2.75) is 6.92 Å². The zero-order valence-electron chi connectivity index (χ0n) is 10.4. The van der Waals surface area contributed by atoms with E-state index in [1.54, 1.807) is 24.4 Å². The number of carbonyl (C=O) groups is 1. The minimum Gasteiger partial charge on any atom is -0.307 e. The second-order valence-electron chi connectivity index (χ2n) is 4.04. The van der Waals surface area contributed by atoms with E-state index in [4.69, 9.17) is 11.6 Å². The van der Waals surface area contributed by atoms with Crippen LogP contribution in [-0.4, -0.2) is 10.9 Å². The predicted molar refractivity (Wildman–Crippen MR) is 78.1 cm³/mol. The van der Waals surface area contributed by atoms with Crippen LogP contribution in [0.3, 0.4) is 0 Å². The van der Waals surface area contributed by atoms with Gasteiger partial charge in [0.05, 0.1) is 0 Å². The van der Waals surface area contributed by atoms with E-state index in [-0.39, 0.29) is 5.91 Å². The summed E-state index contributed by atoms with van der Waals surface area (Å²) < 4.78 is 0. The Balaban J connectivity index is 2.02. The lowest BCUT2D eigenvalue weighted by Crippen LogP contribution is -2.10. The number of carbonyl (C=O) groups excluding carboxylic acids is 1. The first kappa shape index (κ1) is 13.3. The number of hydrogen-bond acceptors (Lipinski definition) is 2. The third-order valence-electron chi connectivity index (χ3n) is 2.55. The molecule has 1 N–H and O–H groups in total. The first-order chi connectivity index (χ1) is 9.15. The highest BCUT2D eigenvalue weighted by molar-refractivity contribution is 6.30. The van der Waals surface area contributed by atoms with Gasteiger partial charge in [-0.15, -0.1) is 0 Å². The highest BCUT2D eigenvalue weighted by Crippen LogP contribution is 2.11. The minimum atomic E-state index is -0.211. The molecule has 0 aliphatic heterocycles. The zero-order chi connectivity index (χ0) is 13.7. The summed E-state index contributed by atoms with van der Waals surface area (Å²) in [5.41, 5.74) is 1.84. The molecular weight excluding hydrogens is 260 g/mol. The molecule has 96 valence electrons. The summed E-state index contributed by atoms with van der Waals surface area (Å²) in [6.07, 6.45) is 4.84. The molecule has 0 spiro atoms. The maximum atomic E-state index is 11.7. The van der Waals surface area contributed by atoms with Crippen molar-refractivity contribution in [2.24, 2.45) is 0 Å². The van der Waals surface area contributed by atoms with Gasteiger partial charge in [-0.25, -0.2) is 4.98 Å². The second kappa shape index (κ2) is 6.16. The second-order valence-corrected chi connectivity index (χ2v) is 4.48. The monoisotopic (exact) mass is 272 g/mol. The third kappa shape index (κ3) is 3.93. The summed E-state index contributed by atoms with van der Waals surface area (Å²) in [5, 5.41) is 3.40. The molecule has 0 radical (unpaired) electrons. The van der Waals surface area contributed by atoms with E-state index in [0.717, 1.165) is 11.1 Å². The Morgan fingerprint density at radius 3 is 2.68 bits per heavy atom. The molecule has 2 aromatic rings. The summed E-state index contributed by atoms with van der Waals surface area (Å²) in [6.45, 7) is 1.89. The lowest BCUT2D eigenvalue weighted by Gasteiger charge is -2.03. The molecule has 1 heterocycles. The van der Waals surface area contributed by atoms with Crippen molar-refractivity contribution < 1.29 is 4.79 Å². The molecule has 19 heavy (non-hydrogen) atoms. The number of hydrogen-bond donors (Lipinski definition) is 1. The van der Waals surface area contributed by atoms with Crippen molar-refractivity contribution >= 4 is 29.4 Å². The van der Waals surface area contributed by atoms with Crippen molar-refractivity contribution in [3.8, 4) is 0 Å². The van der Waals surface area contributed by atoms with Gasteiger partial charge in [-0.1, -0.05) is 29.8 Å². The van der Waals surface area contributed by atoms with Crippen molar-refractivity contribution in [3.63, 3.8) is 0 Å². The maximum Gasteiger partial charge on any atom is 0.249 e. The van der Waals surface area contributed by atoms with Crippen LogP contribution in [0.15, 0.2) is 48.7 Å². The van der Waals surface area contributed by atoms with Crippen LogP contribution in [0.4, 0.5) is 5.82 Å². The smallest absolute Gasteiger partial charge is 0.249 e. The Labute approximate surface area is 116 Å². The van der Waals surface area contributed by atoms with Crippen molar-refractivity contribution in [1.82, 2.24) is 4.98 Å². The molecule has 0 atom stereocenters. The van der Waals surface area contributed by atoms with Gasteiger partial charge in [0.2, 0.25) is 5.91 Å². The average Bonchev–Trinajstić information content (AvgIpc) is 2.41. The first-order valence-electron chi connectivity index (χ1n) is 5.81. The summed E-state index contributed by atoms with van der Waals surface area (Å²) >= 11 is 5.79. The van der Waals surface area contributed by atoms with E-state index in [9.17, 15) is 4.79 Å². The summed E-state index contributed by atoms with van der Waals surface area (Å²) in [5.74, 6) is 0.366. The van der Waals surface area contributed by atoms with Crippen LogP contribution >= 0.6 is 11.6 Å². The quantitative estimate of drug-likeness (QED) is 0.866.